The van der Waals surface area contributed by atoms with Crippen molar-refractivity contribution < 1.29 is 9.53 Å². The number of rotatable bonds is 6. The molecule has 2 saturated heterocycles. The Hall–Kier alpha value is -1.66. The maximum absolute atomic E-state index is 12.7. The fourth-order valence-corrected chi connectivity index (χ4v) is 5.74. The van der Waals surface area contributed by atoms with Gasteiger partial charge in [-0.3, -0.25) is 14.8 Å². The zero-order chi connectivity index (χ0) is 17.4. The SMILES string of the molecule is CCOC(=O)[C@]1(CC)C[C@@H]2CC[C@H]1N2Cc1ccc(-c2ccn[nH]2)s1. The molecule has 0 unspecified atom stereocenters. The summed E-state index contributed by atoms with van der Waals surface area (Å²) in [5, 5.41) is 7.06. The lowest BCUT2D eigenvalue weighted by atomic mass is 9.72. The van der Waals surface area contributed by atoms with Gasteiger partial charge in [0.25, 0.3) is 0 Å². The first kappa shape index (κ1) is 16.8. The lowest BCUT2D eigenvalue weighted by Crippen LogP contribution is -2.43. The summed E-state index contributed by atoms with van der Waals surface area (Å²) in [5.74, 6) is 0.0130. The van der Waals surface area contributed by atoms with Crippen LogP contribution in [0.15, 0.2) is 24.4 Å². The average molecular weight is 359 g/mol. The monoisotopic (exact) mass is 359 g/mol. The third kappa shape index (κ3) is 2.72. The molecule has 2 aromatic heterocycles. The van der Waals surface area contributed by atoms with Crippen LogP contribution in [0.3, 0.4) is 0 Å². The summed E-state index contributed by atoms with van der Waals surface area (Å²) in [6, 6.07) is 7.18. The van der Waals surface area contributed by atoms with Gasteiger partial charge in [0.1, 0.15) is 0 Å². The van der Waals surface area contributed by atoms with Gasteiger partial charge in [0.05, 0.1) is 22.6 Å². The standard InChI is InChI=1S/C19H25N3O2S/c1-3-19(18(23)24-4-2)11-13-5-8-17(19)22(13)12-14-6-7-16(25-14)15-9-10-20-21-15/h6-7,9-10,13,17H,3-5,8,11-12H2,1-2H3,(H,20,21)/t13-,17+,19+/m0/s1. The van der Waals surface area contributed by atoms with Gasteiger partial charge in [0, 0.05) is 29.7 Å². The highest BCUT2D eigenvalue weighted by Crippen LogP contribution is 2.53. The number of fused-ring (bicyclic) bond motifs is 2. The number of aromatic nitrogens is 2. The molecule has 6 heteroatoms. The molecule has 0 radical (unpaired) electrons. The summed E-state index contributed by atoms with van der Waals surface area (Å²) >= 11 is 1.81. The molecule has 4 heterocycles. The van der Waals surface area contributed by atoms with Crippen LogP contribution in [0.5, 0.6) is 0 Å². The van der Waals surface area contributed by atoms with E-state index in [1.165, 1.54) is 16.2 Å². The third-order valence-electron chi connectivity index (χ3n) is 5.96. The molecule has 4 rings (SSSR count). The van der Waals surface area contributed by atoms with Gasteiger partial charge < -0.3 is 4.74 Å². The molecular weight excluding hydrogens is 334 g/mol. The highest BCUT2D eigenvalue weighted by molar-refractivity contribution is 7.15. The van der Waals surface area contributed by atoms with E-state index in [2.05, 4.69) is 34.2 Å². The second-order valence-corrected chi connectivity index (χ2v) is 8.26. The van der Waals surface area contributed by atoms with Crippen LogP contribution in [-0.4, -0.2) is 39.8 Å². The fraction of sp³-hybridized carbons (Fsp3) is 0.579. The Bertz CT molecular complexity index is 742. The average Bonchev–Trinajstić information content (AvgIpc) is 3.39. The van der Waals surface area contributed by atoms with Gasteiger partial charge in [0.15, 0.2) is 0 Å². The van der Waals surface area contributed by atoms with E-state index in [1.54, 1.807) is 17.5 Å². The van der Waals surface area contributed by atoms with Gasteiger partial charge in [-0.25, -0.2) is 0 Å². The molecule has 0 aromatic carbocycles. The van der Waals surface area contributed by atoms with E-state index in [0.717, 1.165) is 31.5 Å². The molecule has 1 N–H and O–H groups in total. The molecule has 0 amide bonds. The Morgan fingerprint density at radius 3 is 3.00 bits per heavy atom. The van der Waals surface area contributed by atoms with Gasteiger partial charge in [-0.2, -0.15) is 5.10 Å². The number of nitrogens with zero attached hydrogens (tertiary/aromatic N) is 2. The molecule has 2 bridgehead atoms. The van der Waals surface area contributed by atoms with Gasteiger partial charge in [-0.1, -0.05) is 6.92 Å². The minimum absolute atomic E-state index is 0.0130. The predicted octanol–water partition coefficient (Wildman–Crippen LogP) is 3.83. The van der Waals surface area contributed by atoms with Crippen LogP contribution in [0.25, 0.3) is 10.6 Å². The molecule has 2 aromatic rings. The minimum Gasteiger partial charge on any atom is -0.466 e. The molecule has 0 saturated carbocycles. The number of esters is 1. The number of thiophene rings is 1. The topological polar surface area (TPSA) is 58.2 Å². The van der Waals surface area contributed by atoms with Crippen molar-refractivity contribution in [1.29, 1.82) is 0 Å². The van der Waals surface area contributed by atoms with Gasteiger partial charge in [0.2, 0.25) is 0 Å². The molecule has 5 nitrogen and oxygen atoms in total. The number of carbonyl (C=O) groups is 1. The van der Waals surface area contributed by atoms with Crippen LogP contribution >= 0.6 is 11.3 Å². The molecule has 2 aliphatic heterocycles. The predicted molar refractivity (Wildman–Crippen MR) is 98.2 cm³/mol. The van der Waals surface area contributed by atoms with E-state index in [4.69, 9.17) is 4.74 Å². The van der Waals surface area contributed by atoms with Gasteiger partial charge >= 0.3 is 5.97 Å². The van der Waals surface area contributed by atoms with Crippen molar-refractivity contribution in [2.75, 3.05) is 6.61 Å². The Morgan fingerprint density at radius 1 is 1.40 bits per heavy atom. The van der Waals surface area contributed by atoms with Gasteiger partial charge in [-0.05, 0) is 50.8 Å². The molecule has 0 aliphatic carbocycles. The van der Waals surface area contributed by atoms with Crippen molar-refractivity contribution >= 4 is 17.3 Å². The largest absolute Gasteiger partial charge is 0.466 e. The molecular formula is C19H25N3O2S. The highest BCUT2D eigenvalue weighted by atomic mass is 32.1. The number of nitrogens with one attached hydrogen (secondary N) is 1. The van der Waals surface area contributed by atoms with Crippen molar-refractivity contribution in [2.45, 2.75) is 58.2 Å². The van der Waals surface area contributed by atoms with E-state index in [0.29, 0.717) is 18.7 Å². The van der Waals surface area contributed by atoms with E-state index in [9.17, 15) is 4.79 Å². The van der Waals surface area contributed by atoms with Crippen molar-refractivity contribution in [3.8, 4) is 10.6 Å². The lowest BCUT2D eigenvalue weighted by molar-refractivity contribution is -0.157. The van der Waals surface area contributed by atoms with Crippen LogP contribution < -0.4 is 0 Å². The normalized spacial score (nSPS) is 28.6. The molecule has 25 heavy (non-hydrogen) atoms. The van der Waals surface area contributed by atoms with Crippen molar-refractivity contribution in [1.82, 2.24) is 15.1 Å². The van der Waals surface area contributed by atoms with Crippen LogP contribution in [0.2, 0.25) is 0 Å². The maximum atomic E-state index is 12.7. The van der Waals surface area contributed by atoms with E-state index in [-0.39, 0.29) is 11.4 Å². The van der Waals surface area contributed by atoms with E-state index in [1.807, 2.05) is 13.0 Å². The molecule has 2 fully saturated rings. The van der Waals surface area contributed by atoms with E-state index < -0.39 is 0 Å². The zero-order valence-corrected chi connectivity index (χ0v) is 15.6. The Morgan fingerprint density at radius 2 is 2.28 bits per heavy atom. The highest BCUT2D eigenvalue weighted by Gasteiger charge is 2.59. The van der Waals surface area contributed by atoms with Crippen molar-refractivity contribution in [3.05, 3.63) is 29.3 Å². The Balaban J connectivity index is 1.53. The second-order valence-electron chi connectivity index (χ2n) is 7.09. The Kier molecular flexibility index (Phi) is 4.41. The number of hydrogen-bond acceptors (Lipinski definition) is 5. The third-order valence-corrected chi connectivity index (χ3v) is 7.06. The number of H-pyrrole nitrogens is 1. The van der Waals surface area contributed by atoms with Crippen molar-refractivity contribution in [2.24, 2.45) is 5.41 Å². The minimum atomic E-state index is -0.303. The summed E-state index contributed by atoms with van der Waals surface area (Å²) in [5.41, 5.74) is 0.762. The molecule has 0 spiro atoms. The first-order valence-corrected chi connectivity index (χ1v) is 10.0. The zero-order valence-electron chi connectivity index (χ0n) is 14.8. The van der Waals surface area contributed by atoms with Crippen molar-refractivity contribution in [3.63, 3.8) is 0 Å². The van der Waals surface area contributed by atoms with Crippen LogP contribution in [0.4, 0.5) is 0 Å². The fourth-order valence-electron chi connectivity index (χ4n) is 4.74. The number of aromatic amines is 1. The van der Waals surface area contributed by atoms with E-state index >= 15 is 0 Å². The second kappa shape index (κ2) is 6.57. The molecule has 3 atom stereocenters. The quantitative estimate of drug-likeness (QED) is 0.796. The Labute approximate surface area is 152 Å². The molecule has 2 aliphatic rings. The summed E-state index contributed by atoms with van der Waals surface area (Å²) in [6.45, 7) is 5.43. The lowest BCUT2D eigenvalue weighted by Gasteiger charge is -2.34. The maximum Gasteiger partial charge on any atom is 0.313 e. The van der Waals surface area contributed by atoms with Crippen LogP contribution in [-0.2, 0) is 16.1 Å². The smallest absolute Gasteiger partial charge is 0.313 e. The number of ether oxygens (including phenoxy) is 1. The van der Waals surface area contributed by atoms with Gasteiger partial charge in [-0.15, -0.1) is 11.3 Å². The first-order chi connectivity index (χ1) is 12.2. The summed E-state index contributed by atoms with van der Waals surface area (Å²) in [4.78, 5) is 17.8. The summed E-state index contributed by atoms with van der Waals surface area (Å²) < 4.78 is 5.45. The summed E-state index contributed by atoms with van der Waals surface area (Å²) in [6.07, 6.45) is 5.91. The first-order valence-electron chi connectivity index (χ1n) is 9.19. The van der Waals surface area contributed by atoms with Crippen LogP contribution in [0.1, 0.15) is 44.4 Å². The van der Waals surface area contributed by atoms with Crippen LogP contribution in [0, 0.1) is 5.41 Å². The number of hydrogen-bond donors (Lipinski definition) is 1. The molecule has 134 valence electrons. The number of carbonyl (C=O) groups excluding carboxylic acids is 1. The summed E-state index contributed by atoms with van der Waals surface area (Å²) in [7, 11) is 0.